The smallest absolute Gasteiger partial charge is 0.324 e. The van der Waals surface area contributed by atoms with Crippen LogP contribution in [0.1, 0.15) is 0 Å². The van der Waals surface area contributed by atoms with Gasteiger partial charge in [0, 0.05) is 24.3 Å². The van der Waals surface area contributed by atoms with Gasteiger partial charge in [0.05, 0.1) is 0 Å². The molecule has 0 radical (unpaired) electrons. The van der Waals surface area contributed by atoms with Crippen LogP contribution in [0.25, 0.3) is 16.3 Å². The van der Waals surface area contributed by atoms with E-state index in [9.17, 15) is 13.5 Å². The summed E-state index contributed by atoms with van der Waals surface area (Å²) in [4.78, 5) is 2.89. The SMILES string of the molecule is COC1C=C(N)C=CC1=[N+]=[N-].O=S(=O)(O)c1cccc2cc(O)ccc12. The number of aromatic hydroxyl groups is 1. The summed E-state index contributed by atoms with van der Waals surface area (Å²) in [7, 11) is -2.70. The summed E-state index contributed by atoms with van der Waals surface area (Å²) in [6.45, 7) is 0. The van der Waals surface area contributed by atoms with E-state index in [0.717, 1.165) is 0 Å². The van der Waals surface area contributed by atoms with Gasteiger partial charge in [0.15, 0.2) is 6.10 Å². The maximum absolute atomic E-state index is 11.0. The highest BCUT2D eigenvalue weighted by molar-refractivity contribution is 7.86. The van der Waals surface area contributed by atoms with Gasteiger partial charge < -0.3 is 21.1 Å². The first-order valence-corrected chi connectivity index (χ1v) is 8.79. The van der Waals surface area contributed by atoms with Crippen LogP contribution in [0.5, 0.6) is 5.75 Å². The van der Waals surface area contributed by atoms with Crippen molar-refractivity contribution in [2.75, 3.05) is 7.11 Å². The Kier molecular flexibility index (Phi) is 5.91. The topological polar surface area (TPSA) is 146 Å². The first kappa shape index (κ1) is 19.4. The van der Waals surface area contributed by atoms with Gasteiger partial charge in [-0.25, -0.2) is 0 Å². The molecule has 3 rings (SSSR count). The molecule has 0 heterocycles. The van der Waals surface area contributed by atoms with Crippen LogP contribution in [-0.4, -0.2) is 41.8 Å². The Hall–Kier alpha value is -2.97. The van der Waals surface area contributed by atoms with Crippen molar-refractivity contribution in [1.82, 2.24) is 0 Å². The van der Waals surface area contributed by atoms with Gasteiger partial charge in [-0.15, -0.1) is 0 Å². The van der Waals surface area contributed by atoms with E-state index in [1.165, 1.54) is 37.4 Å². The maximum atomic E-state index is 11.0. The predicted octanol–water partition coefficient (Wildman–Crippen LogP) is 1.88. The van der Waals surface area contributed by atoms with Crippen LogP contribution < -0.4 is 5.73 Å². The summed E-state index contributed by atoms with van der Waals surface area (Å²) < 4.78 is 36.0. The number of benzene rings is 2. The number of nitrogens with two attached hydrogens (primary N) is 1. The van der Waals surface area contributed by atoms with Gasteiger partial charge in [0.25, 0.3) is 10.1 Å². The second kappa shape index (κ2) is 7.94. The zero-order valence-electron chi connectivity index (χ0n) is 13.8. The monoisotopic (exact) mass is 375 g/mol. The minimum absolute atomic E-state index is 0.0509. The molecule has 0 saturated carbocycles. The number of methoxy groups -OCH3 is 1. The minimum atomic E-state index is -4.22. The quantitative estimate of drug-likeness (QED) is 0.415. The molecule has 0 saturated heterocycles. The van der Waals surface area contributed by atoms with Gasteiger partial charge in [0.2, 0.25) is 0 Å². The van der Waals surface area contributed by atoms with Crippen LogP contribution in [0, 0.1) is 0 Å². The summed E-state index contributed by atoms with van der Waals surface area (Å²) >= 11 is 0. The maximum Gasteiger partial charge on any atom is 0.324 e. The molecule has 1 aliphatic rings. The van der Waals surface area contributed by atoms with Crippen molar-refractivity contribution < 1.29 is 27.6 Å². The van der Waals surface area contributed by atoms with Gasteiger partial charge in [-0.1, -0.05) is 12.1 Å². The van der Waals surface area contributed by atoms with E-state index >= 15 is 0 Å². The van der Waals surface area contributed by atoms with E-state index in [1.807, 2.05) is 0 Å². The van der Waals surface area contributed by atoms with Gasteiger partial charge in [-0.3, -0.25) is 4.55 Å². The summed E-state index contributed by atoms with van der Waals surface area (Å²) in [6, 6.07) is 8.73. The number of rotatable bonds is 2. The Morgan fingerprint density at radius 1 is 1.23 bits per heavy atom. The molecular formula is C17H17N3O5S. The van der Waals surface area contributed by atoms with Crippen LogP contribution in [0.4, 0.5) is 0 Å². The second-order valence-corrected chi connectivity index (χ2v) is 6.71. The second-order valence-electron chi connectivity index (χ2n) is 5.32. The highest BCUT2D eigenvalue weighted by atomic mass is 32.2. The minimum Gasteiger partial charge on any atom is -0.508 e. The molecule has 4 N–H and O–H groups in total. The largest absolute Gasteiger partial charge is 0.508 e. The lowest BCUT2D eigenvalue weighted by atomic mass is 10.1. The van der Waals surface area contributed by atoms with Gasteiger partial charge in [-0.2, -0.15) is 13.2 Å². The van der Waals surface area contributed by atoms with Crippen LogP contribution in [-0.2, 0) is 14.9 Å². The lowest BCUT2D eigenvalue weighted by molar-refractivity contribution is -0.0185. The number of phenols is 1. The molecule has 0 amide bonds. The number of phenolic OH excluding ortho intramolecular Hbond substituents is 1. The predicted molar refractivity (Wildman–Crippen MR) is 96.3 cm³/mol. The molecule has 0 spiro atoms. The number of allylic oxidation sites excluding steroid dienone is 1. The van der Waals surface area contributed by atoms with E-state index < -0.39 is 10.1 Å². The normalized spacial score (nSPS) is 16.5. The van der Waals surface area contributed by atoms with Crippen molar-refractivity contribution in [3.63, 3.8) is 0 Å². The molecule has 1 unspecified atom stereocenters. The standard InChI is InChI=1S/C10H8O4S.C7H9N3O/c11-8-4-5-9-7(6-8)2-1-3-10(9)15(12,13)14;1-11-7-4-5(8)2-3-6(7)10-9/h1-6,11H,(H,12,13,14);2-4,7H,8H2,1H3. The molecular weight excluding hydrogens is 358 g/mol. The Labute approximate surface area is 150 Å². The third-order valence-electron chi connectivity index (χ3n) is 3.55. The van der Waals surface area contributed by atoms with Gasteiger partial charge >= 0.3 is 5.71 Å². The van der Waals surface area contributed by atoms with Gasteiger partial charge in [-0.05, 0) is 41.8 Å². The average molecular weight is 375 g/mol. The molecule has 1 atom stereocenters. The molecule has 0 fully saturated rings. The van der Waals surface area contributed by atoms with E-state index in [-0.39, 0.29) is 16.7 Å². The van der Waals surface area contributed by atoms with Crippen molar-refractivity contribution >= 4 is 26.6 Å². The molecule has 0 aliphatic heterocycles. The molecule has 0 bridgehead atoms. The van der Waals surface area contributed by atoms with Crippen molar-refractivity contribution in [3.8, 4) is 5.75 Å². The fourth-order valence-corrected chi connectivity index (χ4v) is 3.05. The number of fused-ring (bicyclic) bond motifs is 1. The molecule has 2 aromatic rings. The molecule has 26 heavy (non-hydrogen) atoms. The lowest BCUT2D eigenvalue weighted by Crippen LogP contribution is -2.24. The van der Waals surface area contributed by atoms with Crippen molar-refractivity contribution in [1.29, 1.82) is 0 Å². The summed E-state index contributed by atoms with van der Waals surface area (Å²) in [5.74, 6) is 0.0509. The fourth-order valence-electron chi connectivity index (χ4n) is 2.34. The van der Waals surface area contributed by atoms with E-state index in [0.29, 0.717) is 22.2 Å². The molecule has 8 nitrogen and oxygen atoms in total. The Bertz CT molecular complexity index is 1040. The molecule has 136 valence electrons. The van der Waals surface area contributed by atoms with Gasteiger partial charge in [0.1, 0.15) is 10.6 Å². The van der Waals surface area contributed by atoms with Crippen LogP contribution in [0.3, 0.4) is 0 Å². The Balaban J connectivity index is 0.000000197. The van der Waals surface area contributed by atoms with Crippen molar-refractivity contribution in [2.45, 2.75) is 11.0 Å². The van der Waals surface area contributed by atoms with Crippen LogP contribution >= 0.6 is 0 Å². The number of hydrogen-bond donors (Lipinski definition) is 3. The summed E-state index contributed by atoms with van der Waals surface area (Å²) in [5, 5.41) is 10.2. The van der Waals surface area contributed by atoms with Crippen LogP contribution in [0.2, 0.25) is 0 Å². The number of nitrogens with zero attached hydrogens (tertiary/aromatic N) is 2. The molecule has 9 heteroatoms. The Morgan fingerprint density at radius 2 is 1.96 bits per heavy atom. The molecule has 2 aromatic carbocycles. The number of hydrogen-bond acceptors (Lipinski definition) is 5. The third kappa shape index (κ3) is 4.56. The average Bonchev–Trinajstić information content (AvgIpc) is 2.60. The van der Waals surface area contributed by atoms with E-state index in [4.69, 9.17) is 20.6 Å². The molecule has 0 aromatic heterocycles. The van der Waals surface area contributed by atoms with Crippen molar-refractivity contribution in [3.05, 3.63) is 65.9 Å². The lowest BCUT2D eigenvalue weighted by Gasteiger charge is -2.07. The van der Waals surface area contributed by atoms with Crippen molar-refractivity contribution in [2.24, 2.45) is 5.73 Å². The highest BCUT2D eigenvalue weighted by Crippen LogP contribution is 2.25. The zero-order valence-corrected chi connectivity index (χ0v) is 14.6. The number of ether oxygens (including phenoxy) is 1. The first-order valence-electron chi connectivity index (χ1n) is 7.35. The van der Waals surface area contributed by atoms with E-state index in [2.05, 4.69) is 4.79 Å². The summed E-state index contributed by atoms with van der Waals surface area (Å²) in [5.41, 5.74) is 15.0. The fraction of sp³-hybridized carbons (Fsp3) is 0.118. The molecule has 1 aliphatic carbocycles. The summed E-state index contributed by atoms with van der Waals surface area (Å²) in [6.07, 6.45) is 4.62. The first-order chi connectivity index (χ1) is 12.3. The van der Waals surface area contributed by atoms with Crippen LogP contribution in [0.15, 0.2) is 65.2 Å². The zero-order chi connectivity index (χ0) is 19.3. The highest BCUT2D eigenvalue weighted by Gasteiger charge is 2.20. The Morgan fingerprint density at radius 3 is 2.58 bits per heavy atom. The van der Waals surface area contributed by atoms with E-state index in [1.54, 1.807) is 24.3 Å². The third-order valence-corrected chi connectivity index (χ3v) is 4.46.